The van der Waals surface area contributed by atoms with E-state index in [1.165, 1.54) is 12.1 Å². The van der Waals surface area contributed by atoms with E-state index in [2.05, 4.69) is 0 Å². The summed E-state index contributed by atoms with van der Waals surface area (Å²) in [4.78, 5) is 0. The number of hydrogen-bond acceptors (Lipinski definition) is 1. The van der Waals surface area contributed by atoms with Crippen LogP contribution in [0.2, 0.25) is 0 Å². The minimum atomic E-state index is -1.03. The van der Waals surface area contributed by atoms with Crippen LogP contribution >= 0.6 is 0 Å². The van der Waals surface area contributed by atoms with Gasteiger partial charge in [0.1, 0.15) is 11.6 Å². The average molecular weight is 212 g/mol. The molecule has 0 bridgehead atoms. The van der Waals surface area contributed by atoms with Gasteiger partial charge in [-0.15, -0.1) is 0 Å². The molecule has 0 aromatic heterocycles. The van der Waals surface area contributed by atoms with E-state index in [0.29, 0.717) is 5.56 Å². The molecule has 0 aliphatic heterocycles. The van der Waals surface area contributed by atoms with Gasteiger partial charge in [-0.25, -0.2) is 8.78 Å². The van der Waals surface area contributed by atoms with Crippen molar-refractivity contribution in [3.05, 3.63) is 34.9 Å². The Labute approximate surface area is 87.7 Å². The lowest BCUT2D eigenvalue weighted by atomic mass is 9.93. The molecular formula is C12H14F2O. The van der Waals surface area contributed by atoms with E-state index in [1.807, 2.05) is 6.92 Å². The third kappa shape index (κ3) is 1.65. The van der Waals surface area contributed by atoms with Gasteiger partial charge >= 0.3 is 0 Å². The Balaban J connectivity index is 2.47. The zero-order valence-electron chi connectivity index (χ0n) is 8.85. The molecule has 1 unspecified atom stereocenters. The second kappa shape index (κ2) is 3.27. The molecule has 3 heteroatoms. The zero-order chi connectivity index (χ0) is 11.2. The van der Waals surface area contributed by atoms with E-state index >= 15 is 0 Å². The monoisotopic (exact) mass is 212 g/mol. The lowest BCUT2D eigenvalue weighted by molar-refractivity contribution is 0.0955. The van der Waals surface area contributed by atoms with Crippen molar-refractivity contribution in [2.24, 2.45) is 5.41 Å². The molecule has 15 heavy (non-hydrogen) atoms. The van der Waals surface area contributed by atoms with Crippen molar-refractivity contribution in [2.45, 2.75) is 32.8 Å². The van der Waals surface area contributed by atoms with Crippen LogP contribution in [0.15, 0.2) is 12.1 Å². The molecule has 2 rings (SSSR count). The summed E-state index contributed by atoms with van der Waals surface area (Å²) >= 11 is 0. The lowest BCUT2D eigenvalue weighted by Crippen LogP contribution is -2.14. The molecule has 1 fully saturated rings. The number of benzene rings is 1. The molecule has 1 aromatic carbocycles. The van der Waals surface area contributed by atoms with E-state index in [1.54, 1.807) is 6.92 Å². The molecule has 0 radical (unpaired) electrons. The second-order valence-corrected chi connectivity index (χ2v) is 4.65. The molecule has 1 aromatic rings. The summed E-state index contributed by atoms with van der Waals surface area (Å²) in [6.07, 6.45) is 0.611. The normalized spacial score (nSPS) is 20.1. The van der Waals surface area contributed by atoms with Crippen LogP contribution in [0, 0.1) is 24.0 Å². The van der Waals surface area contributed by atoms with Crippen LogP contribution in [0.1, 0.15) is 37.0 Å². The summed E-state index contributed by atoms with van der Waals surface area (Å²) in [5.74, 6) is -1.27. The first kappa shape index (κ1) is 10.6. The Bertz CT molecular complexity index is 397. The Morgan fingerprint density at radius 2 is 1.93 bits per heavy atom. The van der Waals surface area contributed by atoms with Crippen LogP contribution in [-0.2, 0) is 0 Å². The molecule has 1 nitrogen and oxygen atoms in total. The van der Waals surface area contributed by atoms with Crippen molar-refractivity contribution in [1.82, 2.24) is 0 Å². The van der Waals surface area contributed by atoms with Gasteiger partial charge in [0, 0.05) is 0 Å². The van der Waals surface area contributed by atoms with Gasteiger partial charge in [-0.1, -0.05) is 13.0 Å². The van der Waals surface area contributed by atoms with Gasteiger partial charge in [0.2, 0.25) is 0 Å². The maximum atomic E-state index is 13.7. The largest absolute Gasteiger partial charge is 0.388 e. The van der Waals surface area contributed by atoms with Crippen LogP contribution in [0.3, 0.4) is 0 Å². The summed E-state index contributed by atoms with van der Waals surface area (Å²) in [5, 5.41) is 9.93. The molecule has 0 saturated heterocycles. The number of rotatable bonds is 2. The Morgan fingerprint density at radius 3 is 2.47 bits per heavy atom. The van der Waals surface area contributed by atoms with Gasteiger partial charge in [0.05, 0.1) is 11.7 Å². The number of aryl methyl sites for hydroxylation is 1. The van der Waals surface area contributed by atoms with Crippen molar-refractivity contribution in [2.75, 3.05) is 0 Å². The second-order valence-electron chi connectivity index (χ2n) is 4.65. The predicted octanol–water partition coefficient (Wildman–Crippen LogP) is 3.11. The Kier molecular flexibility index (Phi) is 2.30. The van der Waals surface area contributed by atoms with Crippen LogP contribution in [-0.4, -0.2) is 5.11 Å². The Hall–Kier alpha value is -0.960. The first-order valence-corrected chi connectivity index (χ1v) is 5.08. The van der Waals surface area contributed by atoms with Crippen LogP contribution in [0.4, 0.5) is 8.78 Å². The van der Waals surface area contributed by atoms with Gasteiger partial charge in [-0.05, 0) is 36.8 Å². The molecule has 0 spiro atoms. The first-order chi connectivity index (χ1) is 6.96. The highest BCUT2D eigenvalue weighted by atomic mass is 19.1. The molecule has 0 amide bonds. The number of halogens is 2. The molecular weight excluding hydrogens is 198 g/mol. The highest BCUT2D eigenvalue weighted by Crippen LogP contribution is 2.55. The van der Waals surface area contributed by atoms with Gasteiger partial charge in [-0.3, -0.25) is 0 Å². The van der Waals surface area contributed by atoms with Gasteiger partial charge in [0.15, 0.2) is 0 Å². The summed E-state index contributed by atoms with van der Waals surface area (Å²) in [6.45, 7) is 3.42. The first-order valence-electron chi connectivity index (χ1n) is 5.08. The summed E-state index contributed by atoms with van der Waals surface area (Å²) in [7, 11) is 0. The van der Waals surface area contributed by atoms with E-state index < -0.39 is 17.7 Å². The van der Waals surface area contributed by atoms with Gasteiger partial charge in [-0.2, -0.15) is 0 Å². The van der Waals surface area contributed by atoms with E-state index in [4.69, 9.17) is 0 Å². The maximum Gasteiger partial charge on any atom is 0.134 e. The topological polar surface area (TPSA) is 20.2 Å². The van der Waals surface area contributed by atoms with Crippen LogP contribution in [0.5, 0.6) is 0 Å². The summed E-state index contributed by atoms with van der Waals surface area (Å²) < 4.78 is 27.1. The highest BCUT2D eigenvalue weighted by molar-refractivity contribution is 5.30. The Morgan fingerprint density at radius 1 is 1.33 bits per heavy atom. The lowest BCUT2D eigenvalue weighted by Gasteiger charge is -2.19. The van der Waals surface area contributed by atoms with E-state index in [0.717, 1.165) is 12.8 Å². The summed E-state index contributed by atoms with van der Waals surface area (Å²) in [6, 6.07) is 2.60. The van der Waals surface area contributed by atoms with Crippen molar-refractivity contribution >= 4 is 0 Å². The molecule has 1 N–H and O–H groups in total. The average Bonchev–Trinajstić information content (AvgIpc) is 2.92. The molecule has 0 heterocycles. The standard InChI is InChI=1S/C12H14F2O/c1-7-3-4-8(13)9(10(7)14)11(15)12(2)5-6-12/h3-4,11,15H,5-6H2,1-2H3. The molecule has 1 atom stereocenters. The maximum absolute atomic E-state index is 13.7. The van der Waals surface area contributed by atoms with E-state index in [-0.39, 0.29) is 11.0 Å². The minimum Gasteiger partial charge on any atom is -0.388 e. The number of aliphatic hydroxyl groups excluding tert-OH is 1. The molecule has 1 saturated carbocycles. The molecule has 1 aliphatic rings. The van der Waals surface area contributed by atoms with Crippen molar-refractivity contribution < 1.29 is 13.9 Å². The quantitative estimate of drug-likeness (QED) is 0.798. The smallest absolute Gasteiger partial charge is 0.134 e. The third-order valence-electron chi connectivity index (χ3n) is 3.29. The zero-order valence-corrected chi connectivity index (χ0v) is 8.85. The number of hydrogen-bond donors (Lipinski definition) is 1. The highest BCUT2D eigenvalue weighted by Gasteiger charge is 2.46. The van der Waals surface area contributed by atoms with Gasteiger partial charge in [0.25, 0.3) is 0 Å². The predicted molar refractivity (Wildman–Crippen MR) is 53.4 cm³/mol. The summed E-state index contributed by atoms with van der Waals surface area (Å²) in [5.41, 5.74) is -0.139. The number of aliphatic hydroxyl groups is 1. The van der Waals surface area contributed by atoms with Crippen LogP contribution in [0.25, 0.3) is 0 Å². The fourth-order valence-electron chi connectivity index (χ4n) is 1.75. The van der Waals surface area contributed by atoms with Crippen LogP contribution < -0.4 is 0 Å². The fraction of sp³-hybridized carbons (Fsp3) is 0.500. The fourth-order valence-corrected chi connectivity index (χ4v) is 1.75. The SMILES string of the molecule is Cc1ccc(F)c(C(O)C2(C)CC2)c1F. The third-order valence-corrected chi connectivity index (χ3v) is 3.29. The van der Waals surface area contributed by atoms with Crippen molar-refractivity contribution in [1.29, 1.82) is 0 Å². The van der Waals surface area contributed by atoms with E-state index in [9.17, 15) is 13.9 Å². The van der Waals surface area contributed by atoms with Crippen molar-refractivity contribution in [3.8, 4) is 0 Å². The molecule has 1 aliphatic carbocycles. The van der Waals surface area contributed by atoms with Gasteiger partial charge < -0.3 is 5.11 Å². The van der Waals surface area contributed by atoms with Crippen molar-refractivity contribution in [3.63, 3.8) is 0 Å². The molecule has 82 valence electrons. The minimum absolute atomic E-state index is 0.171.